The average molecular weight is 289 g/mol. The molecule has 0 amide bonds. The molecule has 2 unspecified atom stereocenters. The van der Waals surface area contributed by atoms with Crippen LogP contribution in [0.3, 0.4) is 0 Å². The fourth-order valence-electron chi connectivity index (χ4n) is 3.81. The van der Waals surface area contributed by atoms with Crippen LogP contribution < -0.4 is 15.4 Å². The van der Waals surface area contributed by atoms with Crippen molar-refractivity contribution < 1.29 is 4.74 Å². The Morgan fingerprint density at radius 3 is 2.71 bits per heavy atom. The molecule has 2 atom stereocenters. The van der Waals surface area contributed by atoms with Crippen LogP contribution in [0.2, 0.25) is 0 Å². The zero-order chi connectivity index (χ0) is 15.0. The number of nitrogens with zero attached hydrogens (tertiary/aromatic N) is 2. The van der Waals surface area contributed by atoms with Gasteiger partial charge in [0.15, 0.2) is 0 Å². The number of likely N-dealkylation sites (tertiary alicyclic amines) is 1. The lowest BCUT2D eigenvalue weighted by Gasteiger charge is -2.40. The number of hydrogen-bond acceptors (Lipinski definition) is 4. The topological polar surface area (TPSA) is 41.7 Å². The zero-order valence-electron chi connectivity index (χ0n) is 13.4. The SMILES string of the molecule is COc1ccccc1N(C)C1(CN)CC(C)N(C2CC2)C1. The Bertz CT molecular complexity index is 503. The highest BCUT2D eigenvalue weighted by Gasteiger charge is 2.48. The maximum absolute atomic E-state index is 6.23. The lowest BCUT2D eigenvalue weighted by atomic mass is 9.93. The van der Waals surface area contributed by atoms with Gasteiger partial charge in [-0.15, -0.1) is 0 Å². The molecule has 1 aromatic carbocycles. The third-order valence-corrected chi connectivity index (χ3v) is 5.27. The Morgan fingerprint density at radius 1 is 1.38 bits per heavy atom. The molecule has 21 heavy (non-hydrogen) atoms. The molecule has 1 saturated heterocycles. The molecule has 0 spiro atoms. The predicted molar refractivity (Wildman–Crippen MR) is 87.0 cm³/mol. The number of benzene rings is 1. The summed E-state index contributed by atoms with van der Waals surface area (Å²) in [6.07, 6.45) is 3.82. The molecule has 2 fully saturated rings. The maximum atomic E-state index is 6.23. The van der Waals surface area contributed by atoms with Crippen LogP contribution in [-0.4, -0.2) is 49.8 Å². The van der Waals surface area contributed by atoms with Crippen molar-refractivity contribution >= 4 is 5.69 Å². The average Bonchev–Trinajstić information content (AvgIpc) is 3.30. The molecule has 0 bridgehead atoms. The molecule has 116 valence electrons. The molecule has 1 heterocycles. The van der Waals surface area contributed by atoms with E-state index in [2.05, 4.69) is 35.9 Å². The van der Waals surface area contributed by atoms with Crippen LogP contribution in [0.1, 0.15) is 26.2 Å². The van der Waals surface area contributed by atoms with Crippen molar-refractivity contribution in [3.63, 3.8) is 0 Å². The lowest BCUT2D eigenvalue weighted by Crippen LogP contribution is -2.54. The van der Waals surface area contributed by atoms with Gasteiger partial charge in [-0.1, -0.05) is 12.1 Å². The Hall–Kier alpha value is -1.26. The number of likely N-dealkylation sites (N-methyl/N-ethyl adjacent to an activating group) is 1. The normalized spacial score (nSPS) is 29.6. The molecule has 4 heteroatoms. The van der Waals surface area contributed by atoms with Gasteiger partial charge in [0.25, 0.3) is 0 Å². The van der Waals surface area contributed by atoms with E-state index in [1.54, 1.807) is 7.11 Å². The van der Waals surface area contributed by atoms with Gasteiger partial charge in [0.2, 0.25) is 0 Å². The molecule has 1 saturated carbocycles. The van der Waals surface area contributed by atoms with Crippen molar-refractivity contribution in [3.8, 4) is 5.75 Å². The van der Waals surface area contributed by atoms with E-state index >= 15 is 0 Å². The summed E-state index contributed by atoms with van der Waals surface area (Å²) in [5.41, 5.74) is 7.38. The van der Waals surface area contributed by atoms with Crippen LogP contribution in [0.25, 0.3) is 0 Å². The number of para-hydroxylation sites is 2. The molecule has 0 radical (unpaired) electrons. The molecule has 3 rings (SSSR count). The smallest absolute Gasteiger partial charge is 0.142 e. The summed E-state index contributed by atoms with van der Waals surface area (Å²) in [7, 11) is 3.89. The second-order valence-corrected chi connectivity index (χ2v) is 6.62. The predicted octanol–water partition coefficient (Wildman–Crippen LogP) is 2.09. The van der Waals surface area contributed by atoms with Crippen LogP contribution in [0.5, 0.6) is 5.75 Å². The zero-order valence-corrected chi connectivity index (χ0v) is 13.4. The second-order valence-electron chi connectivity index (χ2n) is 6.62. The van der Waals surface area contributed by atoms with Crippen molar-refractivity contribution in [2.24, 2.45) is 5.73 Å². The van der Waals surface area contributed by atoms with Crippen LogP contribution in [0.15, 0.2) is 24.3 Å². The molecule has 2 N–H and O–H groups in total. The highest BCUT2D eigenvalue weighted by molar-refractivity contribution is 5.60. The number of hydrogen-bond donors (Lipinski definition) is 1. The van der Waals surface area contributed by atoms with Gasteiger partial charge in [0, 0.05) is 32.2 Å². The van der Waals surface area contributed by atoms with Gasteiger partial charge < -0.3 is 15.4 Å². The first-order chi connectivity index (χ1) is 10.1. The maximum Gasteiger partial charge on any atom is 0.142 e. The summed E-state index contributed by atoms with van der Waals surface area (Å²) < 4.78 is 5.53. The highest BCUT2D eigenvalue weighted by atomic mass is 16.5. The molecule has 2 aliphatic rings. The van der Waals surface area contributed by atoms with Crippen molar-refractivity contribution in [2.45, 2.75) is 43.8 Å². The van der Waals surface area contributed by atoms with E-state index in [4.69, 9.17) is 10.5 Å². The molecule has 0 aromatic heterocycles. The number of anilines is 1. The van der Waals surface area contributed by atoms with Gasteiger partial charge in [-0.3, -0.25) is 4.90 Å². The number of methoxy groups -OCH3 is 1. The van der Waals surface area contributed by atoms with Gasteiger partial charge in [0.1, 0.15) is 5.75 Å². The third-order valence-electron chi connectivity index (χ3n) is 5.27. The summed E-state index contributed by atoms with van der Waals surface area (Å²) in [6, 6.07) is 9.63. The molecule has 1 aliphatic carbocycles. The standard InChI is InChI=1S/C17H27N3O/c1-13-10-17(11-18,12-20(13)14-8-9-14)19(2)15-6-4-5-7-16(15)21-3/h4-7,13-14H,8-12,18H2,1-3H3. The molecule has 1 aromatic rings. The van der Waals surface area contributed by atoms with Crippen LogP contribution in [0.4, 0.5) is 5.69 Å². The van der Waals surface area contributed by atoms with Gasteiger partial charge in [-0.2, -0.15) is 0 Å². The lowest BCUT2D eigenvalue weighted by molar-refractivity contribution is 0.249. The van der Waals surface area contributed by atoms with Crippen molar-refractivity contribution in [1.29, 1.82) is 0 Å². The van der Waals surface area contributed by atoms with Gasteiger partial charge in [-0.05, 0) is 38.3 Å². The van der Waals surface area contributed by atoms with E-state index in [9.17, 15) is 0 Å². The summed E-state index contributed by atoms with van der Waals surface area (Å²) in [5, 5.41) is 0. The number of ether oxygens (including phenoxy) is 1. The minimum absolute atomic E-state index is 0.0106. The summed E-state index contributed by atoms with van der Waals surface area (Å²) in [5.74, 6) is 0.922. The van der Waals surface area contributed by atoms with E-state index in [-0.39, 0.29) is 5.54 Å². The largest absolute Gasteiger partial charge is 0.495 e. The molecule has 4 nitrogen and oxygen atoms in total. The van der Waals surface area contributed by atoms with Crippen LogP contribution >= 0.6 is 0 Å². The van der Waals surface area contributed by atoms with Crippen molar-refractivity contribution in [2.75, 3.05) is 32.1 Å². The molecule has 1 aliphatic heterocycles. The first kappa shape index (κ1) is 14.7. The van der Waals surface area contributed by atoms with Crippen molar-refractivity contribution in [3.05, 3.63) is 24.3 Å². The summed E-state index contributed by atoms with van der Waals surface area (Å²) in [4.78, 5) is 5.00. The second kappa shape index (κ2) is 5.50. The Balaban J connectivity index is 1.88. The summed E-state index contributed by atoms with van der Waals surface area (Å²) >= 11 is 0. The summed E-state index contributed by atoms with van der Waals surface area (Å²) in [6.45, 7) is 4.07. The van der Waals surface area contributed by atoms with Crippen LogP contribution in [0, 0.1) is 0 Å². The minimum atomic E-state index is 0.0106. The first-order valence-electron chi connectivity index (χ1n) is 7.94. The Labute approximate surface area is 127 Å². The highest BCUT2D eigenvalue weighted by Crippen LogP contribution is 2.42. The molecular formula is C17H27N3O. The number of rotatable bonds is 5. The monoisotopic (exact) mass is 289 g/mol. The Kier molecular flexibility index (Phi) is 3.84. The fraction of sp³-hybridized carbons (Fsp3) is 0.647. The van der Waals surface area contributed by atoms with Crippen molar-refractivity contribution in [1.82, 2.24) is 4.90 Å². The fourth-order valence-corrected chi connectivity index (χ4v) is 3.81. The van der Waals surface area contributed by atoms with E-state index in [0.29, 0.717) is 12.6 Å². The molecular weight excluding hydrogens is 262 g/mol. The van der Waals surface area contributed by atoms with E-state index in [0.717, 1.165) is 30.4 Å². The minimum Gasteiger partial charge on any atom is -0.495 e. The number of nitrogens with two attached hydrogens (primary N) is 1. The van der Waals surface area contributed by atoms with Gasteiger partial charge >= 0.3 is 0 Å². The van der Waals surface area contributed by atoms with Crippen LogP contribution in [-0.2, 0) is 0 Å². The first-order valence-corrected chi connectivity index (χ1v) is 7.94. The van der Waals surface area contributed by atoms with E-state index in [1.807, 2.05) is 12.1 Å². The third kappa shape index (κ3) is 2.51. The van der Waals surface area contributed by atoms with E-state index < -0.39 is 0 Å². The van der Waals surface area contributed by atoms with E-state index in [1.165, 1.54) is 12.8 Å². The van der Waals surface area contributed by atoms with Gasteiger partial charge in [-0.25, -0.2) is 0 Å². The van der Waals surface area contributed by atoms with Gasteiger partial charge in [0.05, 0.1) is 18.3 Å². The Morgan fingerprint density at radius 2 is 2.10 bits per heavy atom. The quantitative estimate of drug-likeness (QED) is 0.901.